The van der Waals surface area contributed by atoms with E-state index >= 15 is 0 Å². The molecule has 1 aromatic heterocycles. The van der Waals surface area contributed by atoms with Crippen LogP contribution in [-0.4, -0.2) is 41.1 Å². The molecule has 0 aromatic carbocycles. The Hall–Kier alpha value is -2.29. The summed E-state index contributed by atoms with van der Waals surface area (Å²) < 4.78 is 47.7. The molecule has 1 unspecified atom stereocenters. The predicted octanol–water partition coefficient (Wildman–Crippen LogP) is 5.03. The summed E-state index contributed by atoms with van der Waals surface area (Å²) >= 11 is 0. The van der Waals surface area contributed by atoms with Crippen LogP contribution in [-0.2, 0) is 20.5 Å². The molecule has 0 radical (unpaired) electrons. The number of hydrogen-bond acceptors (Lipinski definition) is 5. The van der Waals surface area contributed by atoms with E-state index in [1.165, 1.54) is 6.08 Å². The second-order valence-corrected chi connectivity index (χ2v) is 8.65. The highest BCUT2D eigenvalue weighted by molar-refractivity contribution is 5.85. The van der Waals surface area contributed by atoms with E-state index in [2.05, 4.69) is 0 Å². The summed E-state index contributed by atoms with van der Waals surface area (Å²) in [6, 6.07) is 1.61. The molecule has 1 amide bonds. The minimum atomic E-state index is -4.61. The van der Waals surface area contributed by atoms with Crippen molar-refractivity contribution in [1.29, 1.82) is 0 Å². The molecule has 32 heavy (non-hydrogen) atoms. The van der Waals surface area contributed by atoms with Crippen molar-refractivity contribution in [3.05, 3.63) is 35.8 Å². The minimum absolute atomic E-state index is 0.00511. The van der Waals surface area contributed by atoms with Crippen LogP contribution in [0.2, 0.25) is 0 Å². The highest BCUT2D eigenvalue weighted by Crippen LogP contribution is 2.37. The van der Waals surface area contributed by atoms with Gasteiger partial charge in [-0.15, -0.1) is 0 Å². The summed E-state index contributed by atoms with van der Waals surface area (Å²) in [7, 11) is 0. The maximum Gasteiger partial charge on any atom is 0.449 e. The number of nitrogens with zero attached hydrogens (tertiary/aromatic N) is 1. The van der Waals surface area contributed by atoms with Gasteiger partial charge in [-0.05, 0) is 38.3 Å². The van der Waals surface area contributed by atoms with Crippen molar-refractivity contribution in [1.82, 2.24) is 4.90 Å². The van der Waals surface area contributed by atoms with E-state index in [1.807, 2.05) is 13.8 Å². The average Bonchev–Trinajstić information content (AvgIpc) is 3.28. The van der Waals surface area contributed by atoms with Crippen molar-refractivity contribution in [3.8, 4) is 0 Å². The third-order valence-electron chi connectivity index (χ3n) is 5.51. The standard InChI is InChI=1S/C23H32F3NO5/c1-4-31-20(29)9-7-5-6-8-14-27-16(15-22(2,3)21(27)30)10-11-17(28)18-12-13-19(32-18)23(24,25)26/h10-13,16-17,28H,4-9,14-15H2,1-3H3/b11-10+/t16?,17-/m1/s1. The molecule has 0 bridgehead atoms. The number of hydrogen-bond donors (Lipinski definition) is 1. The van der Waals surface area contributed by atoms with Crippen molar-refractivity contribution in [2.75, 3.05) is 13.2 Å². The van der Waals surface area contributed by atoms with Gasteiger partial charge in [0.05, 0.1) is 12.6 Å². The number of alkyl halides is 3. The largest absolute Gasteiger partial charge is 0.466 e. The van der Waals surface area contributed by atoms with Gasteiger partial charge in [-0.25, -0.2) is 0 Å². The lowest BCUT2D eigenvalue weighted by atomic mass is 9.90. The average molecular weight is 460 g/mol. The maximum atomic E-state index is 12.8. The molecule has 1 fully saturated rings. The van der Waals surface area contributed by atoms with Gasteiger partial charge >= 0.3 is 12.1 Å². The zero-order valence-electron chi connectivity index (χ0n) is 18.8. The molecular formula is C23H32F3NO5. The van der Waals surface area contributed by atoms with Crippen molar-refractivity contribution >= 4 is 11.9 Å². The number of aliphatic hydroxyl groups is 1. The van der Waals surface area contributed by atoms with Crippen molar-refractivity contribution in [2.45, 2.75) is 77.6 Å². The topological polar surface area (TPSA) is 80.0 Å². The Bertz CT molecular complexity index is 800. The number of unbranched alkanes of at least 4 members (excludes halogenated alkanes) is 3. The molecule has 0 aliphatic carbocycles. The summed E-state index contributed by atoms with van der Waals surface area (Å²) in [6.45, 7) is 6.39. The van der Waals surface area contributed by atoms with Crippen LogP contribution in [0.1, 0.15) is 76.9 Å². The quantitative estimate of drug-likeness (QED) is 0.285. The van der Waals surface area contributed by atoms with Crippen LogP contribution in [0, 0.1) is 5.41 Å². The molecule has 0 saturated carbocycles. The number of carbonyl (C=O) groups excluding carboxylic acids is 2. The molecule has 1 aromatic rings. The summed E-state index contributed by atoms with van der Waals surface area (Å²) in [5.74, 6) is -1.57. The number of amides is 1. The first-order valence-corrected chi connectivity index (χ1v) is 11.0. The van der Waals surface area contributed by atoms with Gasteiger partial charge in [0.25, 0.3) is 0 Å². The number of halogens is 3. The van der Waals surface area contributed by atoms with Crippen LogP contribution in [0.3, 0.4) is 0 Å². The zero-order valence-corrected chi connectivity index (χ0v) is 18.8. The number of carbonyl (C=O) groups is 2. The molecule has 9 heteroatoms. The Morgan fingerprint density at radius 1 is 1.31 bits per heavy atom. The molecule has 180 valence electrons. The third-order valence-corrected chi connectivity index (χ3v) is 5.51. The molecule has 2 atom stereocenters. The molecular weight excluding hydrogens is 427 g/mol. The molecule has 6 nitrogen and oxygen atoms in total. The zero-order chi connectivity index (χ0) is 23.9. The number of rotatable bonds is 11. The van der Waals surface area contributed by atoms with Crippen LogP contribution < -0.4 is 0 Å². The summed E-state index contributed by atoms with van der Waals surface area (Å²) in [5, 5.41) is 10.2. The molecule has 2 rings (SSSR count). The van der Waals surface area contributed by atoms with E-state index in [-0.39, 0.29) is 23.7 Å². The Labute approximate surface area is 186 Å². The van der Waals surface area contributed by atoms with Crippen LogP contribution in [0.15, 0.2) is 28.7 Å². The Morgan fingerprint density at radius 2 is 2.00 bits per heavy atom. The van der Waals surface area contributed by atoms with Gasteiger partial charge in [0.1, 0.15) is 11.9 Å². The van der Waals surface area contributed by atoms with Crippen LogP contribution in [0.4, 0.5) is 13.2 Å². The lowest BCUT2D eigenvalue weighted by Gasteiger charge is -2.23. The SMILES string of the molecule is CCOC(=O)CCCCCCN1C(=O)C(C)(C)CC1/C=C/[C@@H](O)c1ccc(C(F)(F)F)o1. The first kappa shape index (κ1) is 26.0. The molecule has 1 aliphatic rings. The maximum absolute atomic E-state index is 12.8. The Morgan fingerprint density at radius 3 is 2.62 bits per heavy atom. The summed E-state index contributed by atoms with van der Waals surface area (Å²) in [4.78, 5) is 25.9. The fraction of sp³-hybridized carbons (Fsp3) is 0.652. The van der Waals surface area contributed by atoms with E-state index in [0.29, 0.717) is 26.0 Å². The summed E-state index contributed by atoms with van der Waals surface area (Å²) in [5.41, 5.74) is -0.558. The van der Waals surface area contributed by atoms with Crippen molar-refractivity contribution in [2.24, 2.45) is 5.41 Å². The molecule has 2 heterocycles. The van der Waals surface area contributed by atoms with Crippen LogP contribution in [0.5, 0.6) is 0 Å². The van der Waals surface area contributed by atoms with E-state index < -0.39 is 23.5 Å². The molecule has 1 N–H and O–H groups in total. The first-order chi connectivity index (χ1) is 15.0. The molecule has 1 saturated heterocycles. The number of esters is 1. The lowest BCUT2D eigenvalue weighted by Crippen LogP contribution is -2.35. The van der Waals surface area contributed by atoms with Gasteiger partial charge in [0, 0.05) is 18.4 Å². The van der Waals surface area contributed by atoms with E-state index in [1.54, 1.807) is 17.9 Å². The van der Waals surface area contributed by atoms with Gasteiger partial charge in [-0.1, -0.05) is 38.8 Å². The Kier molecular flexibility index (Phi) is 8.95. The number of aliphatic hydroxyl groups excluding tert-OH is 1. The Balaban J connectivity index is 1.90. The summed E-state index contributed by atoms with van der Waals surface area (Å²) in [6.07, 6.45) is 1.21. The highest BCUT2D eigenvalue weighted by atomic mass is 19.4. The second kappa shape index (κ2) is 11.0. The monoisotopic (exact) mass is 459 g/mol. The van der Waals surface area contributed by atoms with Gasteiger partial charge in [-0.3, -0.25) is 9.59 Å². The predicted molar refractivity (Wildman–Crippen MR) is 111 cm³/mol. The number of ether oxygens (including phenoxy) is 1. The van der Waals surface area contributed by atoms with E-state index in [4.69, 9.17) is 9.15 Å². The van der Waals surface area contributed by atoms with Crippen molar-refractivity contribution in [3.63, 3.8) is 0 Å². The molecule has 0 spiro atoms. The molecule has 1 aliphatic heterocycles. The minimum Gasteiger partial charge on any atom is -0.466 e. The fourth-order valence-corrected chi connectivity index (χ4v) is 3.83. The van der Waals surface area contributed by atoms with Gasteiger partial charge in [-0.2, -0.15) is 13.2 Å². The van der Waals surface area contributed by atoms with Gasteiger partial charge in [0.15, 0.2) is 0 Å². The number of furan rings is 1. The van der Waals surface area contributed by atoms with Crippen molar-refractivity contribution < 1.29 is 37.0 Å². The van der Waals surface area contributed by atoms with Gasteiger partial charge in [0.2, 0.25) is 11.7 Å². The highest BCUT2D eigenvalue weighted by Gasteiger charge is 2.43. The first-order valence-electron chi connectivity index (χ1n) is 11.0. The second-order valence-electron chi connectivity index (χ2n) is 8.65. The third kappa shape index (κ3) is 7.12. The van der Waals surface area contributed by atoms with Gasteiger partial charge < -0.3 is 19.2 Å². The van der Waals surface area contributed by atoms with Crippen LogP contribution in [0.25, 0.3) is 0 Å². The van der Waals surface area contributed by atoms with E-state index in [0.717, 1.165) is 37.8 Å². The number of likely N-dealkylation sites (tertiary alicyclic amines) is 1. The van der Waals surface area contributed by atoms with Crippen LogP contribution >= 0.6 is 0 Å². The fourth-order valence-electron chi connectivity index (χ4n) is 3.83. The normalized spacial score (nSPS) is 19.7. The van der Waals surface area contributed by atoms with E-state index in [9.17, 15) is 27.9 Å². The lowest BCUT2D eigenvalue weighted by molar-refractivity contribution is -0.153. The smallest absolute Gasteiger partial charge is 0.449 e.